The van der Waals surface area contributed by atoms with Crippen molar-refractivity contribution in [1.29, 1.82) is 0 Å². The first-order valence-electron chi connectivity index (χ1n) is 4.70. The molecule has 0 atom stereocenters. The molecule has 0 spiro atoms. The number of halogens is 3. The molecule has 0 aromatic carbocycles. The van der Waals surface area contributed by atoms with E-state index in [-0.39, 0.29) is 18.4 Å². The molecule has 1 aliphatic heterocycles. The fraction of sp³-hybridized carbons (Fsp3) is 0.375. The van der Waals surface area contributed by atoms with Crippen LogP contribution in [0.15, 0.2) is 23.9 Å². The second-order valence-electron chi connectivity index (χ2n) is 3.46. The molecule has 15 heavy (non-hydrogen) atoms. The number of nitrogens with one attached hydrogen (secondary N) is 1. The first-order chi connectivity index (χ1) is 7.07. The van der Waals surface area contributed by atoms with Crippen molar-refractivity contribution < 1.29 is 12.9 Å². The number of H-pyrrole nitrogens is 1. The minimum atomic E-state index is -4.81. The number of hydrogen-bond acceptors (Lipinski definition) is 2. The summed E-state index contributed by atoms with van der Waals surface area (Å²) in [5, 5.41) is 0. The van der Waals surface area contributed by atoms with Crippen LogP contribution in [0.3, 0.4) is 0 Å². The number of rotatable bonds is 2. The summed E-state index contributed by atoms with van der Waals surface area (Å²) in [6, 6.07) is 0. The van der Waals surface area contributed by atoms with Crippen LogP contribution in [0.1, 0.15) is 6.42 Å². The van der Waals surface area contributed by atoms with Gasteiger partial charge in [-0.25, -0.2) is 4.98 Å². The first kappa shape index (κ1) is 10.1. The smallest absolute Gasteiger partial charge is 0.445 e. The Morgan fingerprint density at radius 2 is 2.20 bits per heavy atom. The summed E-state index contributed by atoms with van der Waals surface area (Å²) in [5.41, 5.74) is -0.377. The SMILES string of the molecule is F[B-](F)(F)C1=CCN(c2ncc[nH]2)CC1. The maximum absolute atomic E-state index is 12.4. The van der Waals surface area contributed by atoms with Gasteiger partial charge in [0.05, 0.1) is 0 Å². The van der Waals surface area contributed by atoms with Gasteiger partial charge in [0.1, 0.15) is 0 Å². The van der Waals surface area contributed by atoms with Crippen LogP contribution in [-0.4, -0.2) is 30.0 Å². The van der Waals surface area contributed by atoms with E-state index >= 15 is 0 Å². The average molecular weight is 216 g/mol. The molecule has 0 aliphatic carbocycles. The summed E-state index contributed by atoms with van der Waals surface area (Å²) < 4.78 is 37.1. The fourth-order valence-corrected chi connectivity index (χ4v) is 1.60. The topological polar surface area (TPSA) is 31.9 Å². The third kappa shape index (κ3) is 2.16. The zero-order valence-electron chi connectivity index (χ0n) is 7.96. The predicted molar refractivity (Wildman–Crippen MR) is 52.6 cm³/mol. The van der Waals surface area contributed by atoms with Gasteiger partial charge < -0.3 is 22.8 Å². The maximum Gasteiger partial charge on any atom is 0.505 e. The van der Waals surface area contributed by atoms with Crippen molar-refractivity contribution >= 4 is 12.9 Å². The molecular weight excluding hydrogens is 206 g/mol. The van der Waals surface area contributed by atoms with Gasteiger partial charge in [0.2, 0.25) is 5.95 Å². The predicted octanol–water partition coefficient (Wildman–Crippen LogP) is 1.93. The molecule has 1 aromatic rings. The van der Waals surface area contributed by atoms with Crippen LogP contribution in [0.2, 0.25) is 0 Å². The molecule has 0 unspecified atom stereocenters. The Hall–Kier alpha value is -1.40. The molecule has 0 bridgehead atoms. The van der Waals surface area contributed by atoms with E-state index in [1.807, 2.05) is 0 Å². The molecule has 2 rings (SSSR count). The molecule has 0 radical (unpaired) electrons. The van der Waals surface area contributed by atoms with E-state index in [1.54, 1.807) is 17.3 Å². The standard InChI is InChI=1S/C8H10BF3N3/c10-9(11,12)7-1-5-15(6-2-7)8-13-3-4-14-8/h1,3-4H,2,5-6H2,(H,13,14)/q-1. The Morgan fingerprint density at radius 3 is 2.67 bits per heavy atom. The first-order valence-corrected chi connectivity index (χ1v) is 4.70. The molecule has 82 valence electrons. The summed E-state index contributed by atoms with van der Waals surface area (Å²) in [6.07, 6.45) is 4.53. The Kier molecular flexibility index (Phi) is 2.46. The van der Waals surface area contributed by atoms with Crippen LogP contribution in [0.4, 0.5) is 18.9 Å². The van der Waals surface area contributed by atoms with Crippen molar-refractivity contribution in [3.63, 3.8) is 0 Å². The maximum atomic E-state index is 12.4. The minimum absolute atomic E-state index is 0.0458. The molecule has 7 heteroatoms. The van der Waals surface area contributed by atoms with E-state index in [0.717, 1.165) is 0 Å². The van der Waals surface area contributed by atoms with Gasteiger partial charge in [-0.2, -0.15) is 0 Å². The highest BCUT2D eigenvalue weighted by Crippen LogP contribution is 2.26. The number of hydrogen-bond donors (Lipinski definition) is 1. The van der Waals surface area contributed by atoms with E-state index in [4.69, 9.17) is 0 Å². The summed E-state index contributed by atoms with van der Waals surface area (Å²) in [5.74, 6) is 0.625. The third-order valence-corrected chi connectivity index (χ3v) is 2.45. The highest BCUT2D eigenvalue weighted by atomic mass is 19.4. The van der Waals surface area contributed by atoms with E-state index in [9.17, 15) is 12.9 Å². The van der Waals surface area contributed by atoms with Crippen LogP contribution in [-0.2, 0) is 0 Å². The molecule has 0 fully saturated rings. The molecule has 1 N–H and O–H groups in total. The molecule has 2 heterocycles. The van der Waals surface area contributed by atoms with Crippen LogP contribution >= 0.6 is 0 Å². The molecular formula is C8H10BF3N3-. The average Bonchev–Trinajstić information content (AvgIpc) is 2.69. The van der Waals surface area contributed by atoms with E-state index in [0.29, 0.717) is 12.5 Å². The lowest BCUT2D eigenvalue weighted by Crippen LogP contribution is -2.34. The molecule has 3 nitrogen and oxygen atoms in total. The molecule has 1 aliphatic rings. The van der Waals surface area contributed by atoms with Gasteiger partial charge in [-0.15, -0.1) is 5.47 Å². The third-order valence-electron chi connectivity index (χ3n) is 2.45. The lowest BCUT2D eigenvalue weighted by molar-refractivity contribution is 0.482. The van der Waals surface area contributed by atoms with Crippen molar-refractivity contribution in [3.05, 3.63) is 23.9 Å². The van der Waals surface area contributed by atoms with E-state index in [1.165, 1.54) is 6.08 Å². The Balaban J connectivity index is 2.06. The zero-order valence-corrected chi connectivity index (χ0v) is 7.96. The number of aromatic nitrogens is 2. The number of anilines is 1. The molecule has 0 amide bonds. The Labute approximate surface area is 85.1 Å². The number of aromatic amines is 1. The summed E-state index contributed by atoms with van der Waals surface area (Å²) in [4.78, 5) is 8.64. The van der Waals surface area contributed by atoms with Crippen molar-refractivity contribution in [2.24, 2.45) is 0 Å². The van der Waals surface area contributed by atoms with Gasteiger partial charge in [-0.3, -0.25) is 0 Å². The number of imidazole rings is 1. The lowest BCUT2D eigenvalue weighted by Gasteiger charge is -2.30. The van der Waals surface area contributed by atoms with E-state index < -0.39 is 6.98 Å². The summed E-state index contributed by atoms with van der Waals surface area (Å²) in [7, 11) is 0. The lowest BCUT2D eigenvalue weighted by atomic mass is 9.76. The van der Waals surface area contributed by atoms with Gasteiger partial charge in [-0.05, 0) is 6.42 Å². The highest BCUT2D eigenvalue weighted by molar-refractivity contribution is 6.66. The van der Waals surface area contributed by atoms with Crippen LogP contribution in [0.25, 0.3) is 0 Å². The van der Waals surface area contributed by atoms with Crippen LogP contribution in [0, 0.1) is 0 Å². The number of nitrogens with zero attached hydrogens (tertiary/aromatic N) is 2. The zero-order chi connectivity index (χ0) is 10.9. The molecule has 0 saturated heterocycles. The van der Waals surface area contributed by atoms with Gasteiger partial charge in [0.25, 0.3) is 0 Å². The van der Waals surface area contributed by atoms with Crippen LogP contribution < -0.4 is 4.90 Å². The summed E-state index contributed by atoms with van der Waals surface area (Å²) >= 11 is 0. The van der Waals surface area contributed by atoms with Gasteiger partial charge in [-0.1, -0.05) is 6.08 Å². The quantitative estimate of drug-likeness (QED) is 0.766. The van der Waals surface area contributed by atoms with Gasteiger partial charge in [0.15, 0.2) is 0 Å². The largest absolute Gasteiger partial charge is 0.505 e. The molecule has 1 aromatic heterocycles. The molecule has 0 saturated carbocycles. The van der Waals surface area contributed by atoms with Gasteiger partial charge in [0, 0.05) is 25.5 Å². The van der Waals surface area contributed by atoms with Gasteiger partial charge >= 0.3 is 6.98 Å². The Bertz CT molecular complexity index is 358. The Morgan fingerprint density at radius 1 is 1.40 bits per heavy atom. The van der Waals surface area contributed by atoms with Crippen molar-refractivity contribution in [3.8, 4) is 0 Å². The highest BCUT2D eigenvalue weighted by Gasteiger charge is 2.30. The van der Waals surface area contributed by atoms with Crippen LogP contribution in [0.5, 0.6) is 0 Å². The second kappa shape index (κ2) is 3.64. The van der Waals surface area contributed by atoms with Crippen molar-refractivity contribution in [2.75, 3.05) is 18.0 Å². The summed E-state index contributed by atoms with van der Waals surface area (Å²) in [6.45, 7) is -4.18. The van der Waals surface area contributed by atoms with E-state index in [2.05, 4.69) is 9.97 Å². The minimum Gasteiger partial charge on any atom is -0.445 e. The fourth-order valence-electron chi connectivity index (χ4n) is 1.60. The van der Waals surface area contributed by atoms with Crippen molar-refractivity contribution in [1.82, 2.24) is 9.97 Å². The van der Waals surface area contributed by atoms with Crippen molar-refractivity contribution in [2.45, 2.75) is 6.42 Å². The second-order valence-corrected chi connectivity index (χ2v) is 3.46. The normalized spacial score (nSPS) is 17.8. The monoisotopic (exact) mass is 216 g/mol.